The standard InChI is InChI=1S/C18H36O2S/c1-2-3-4-5-9-14-21-16-18(19)15-20-13-12-17-10-7-6-8-11-17/h17-19H,2-16H2,1H3. The Bertz CT molecular complexity index is 217. The minimum absolute atomic E-state index is 0.281. The number of rotatable bonds is 13. The molecule has 1 atom stereocenters. The van der Waals surface area contributed by atoms with E-state index in [1.165, 1.54) is 76.4 Å². The highest BCUT2D eigenvalue weighted by Crippen LogP contribution is 2.26. The summed E-state index contributed by atoms with van der Waals surface area (Å²) >= 11 is 1.88. The van der Waals surface area contributed by atoms with Crippen molar-refractivity contribution in [2.24, 2.45) is 5.92 Å². The lowest BCUT2D eigenvalue weighted by Crippen LogP contribution is -2.19. The van der Waals surface area contributed by atoms with Gasteiger partial charge in [0.05, 0.1) is 12.7 Å². The maximum absolute atomic E-state index is 9.88. The van der Waals surface area contributed by atoms with E-state index in [9.17, 15) is 5.11 Å². The molecule has 1 aliphatic rings. The van der Waals surface area contributed by atoms with Crippen LogP contribution in [0.4, 0.5) is 0 Å². The summed E-state index contributed by atoms with van der Waals surface area (Å²) in [5, 5.41) is 9.88. The Kier molecular flexibility index (Phi) is 12.8. The van der Waals surface area contributed by atoms with Crippen molar-refractivity contribution >= 4 is 11.8 Å². The largest absolute Gasteiger partial charge is 0.390 e. The smallest absolute Gasteiger partial charge is 0.0863 e. The molecule has 0 amide bonds. The molecule has 3 heteroatoms. The second-order valence-electron chi connectivity index (χ2n) is 6.51. The Labute approximate surface area is 136 Å². The van der Waals surface area contributed by atoms with Gasteiger partial charge in [0.25, 0.3) is 0 Å². The van der Waals surface area contributed by atoms with Crippen LogP contribution in [0.2, 0.25) is 0 Å². The van der Waals surface area contributed by atoms with Gasteiger partial charge in [0.2, 0.25) is 0 Å². The van der Waals surface area contributed by atoms with Crippen LogP contribution in [0.15, 0.2) is 0 Å². The van der Waals surface area contributed by atoms with Crippen LogP contribution in [0.5, 0.6) is 0 Å². The number of unbranched alkanes of at least 4 members (excludes halogenated alkanes) is 4. The van der Waals surface area contributed by atoms with E-state index in [0.29, 0.717) is 6.61 Å². The van der Waals surface area contributed by atoms with Gasteiger partial charge in [-0.25, -0.2) is 0 Å². The molecule has 21 heavy (non-hydrogen) atoms. The topological polar surface area (TPSA) is 29.5 Å². The van der Waals surface area contributed by atoms with E-state index in [4.69, 9.17) is 4.74 Å². The van der Waals surface area contributed by atoms with Crippen LogP contribution in [-0.2, 0) is 4.74 Å². The normalized spacial score (nSPS) is 18.0. The van der Waals surface area contributed by atoms with Crippen molar-refractivity contribution in [1.82, 2.24) is 0 Å². The first-order valence-electron chi connectivity index (χ1n) is 9.16. The van der Waals surface area contributed by atoms with Gasteiger partial charge in [0, 0.05) is 12.4 Å². The Morgan fingerprint density at radius 1 is 1.10 bits per heavy atom. The molecule has 0 aliphatic heterocycles. The molecular weight excluding hydrogens is 280 g/mol. The van der Waals surface area contributed by atoms with Crippen molar-refractivity contribution in [2.75, 3.05) is 24.7 Å². The number of hydrogen-bond acceptors (Lipinski definition) is 3. The molecule has 1 saturated carbocycles. The predicted octanol–water partition coefficient (Wildman–Crippen LogP) is 5.04. The van der Waals surface area contributed by atoms with Crippen molar-refractivity contribution in [3.05, 3.63) is 0 Å². The van der Waals surface area contributed by atoms with Crippen molar-refractivity contribution in [3.63, 3.8) is 0 Å². The zero-order valence-electron chi connectivity index (χ0n) is 14.0. The summed E-state index contributed by atoms with van der Waals surface area (Å²) in [6.07, 6.45) is 14.6. The van der Waals surface area contributed by atoms with Gasteiger partial charge in [-0.3, -0.25) is 0 Å². The van der Waals surface area contributed by atoms with E-state index < -0.39 is 0 Å². The third kappa shape index (κ3) is 11.5. The molecule has 126 valence electrons. The first-order valence-corrected chi connectivity index (χ1v) is 10.3. The molecule has 0 radical (unpaired) electrons. The Morgan fingerprint density at radius 2 is 1.86 bits per heavy atom. The van der Waals surface area contributed by atoms with Crippen molar-refractivity contribution in [3.8, 4) is 0 Å². The third-order valence-corrected chi connectivity index (χ3v) is 5.61. The van der Waals surface area contributed by atoms with Crippen LogP contribution < -0.4 is 0 Å². The SMILES string of the molecule is CCCCCCCSCC(O)COCCC1CCCCC1. The van der Waals surface area contributed by atoms with Crippen LogP contribution in [0.25, 0.3) is 0 Å². The average Bonchev–Trinajstić information content (AvgIpc) is 2.52. The maximum Gasteiger partial charge on any atom is 0.0863 e. The van der Waals surface area contributed by atoms with E-state index in [-0.39, 0.29) is 6.10 Å². The molecule has 0 aromatic heterocycles. The molecule has 1 N–H and O–H groups in total. The molecule has 1 fully saturated rings. The van der Waals surface area contributed by atoms with Gasteiger partial charge >= 0.3 is 0 Å². The fraction of sp³-hybridized carbons (Fsp3) is 1.00. The van der Waals surface area contributed by atoms with Gasteiger partial charge in [-0.05, 0) is 24.5 Å². The third-order valence-electron chi connectivity index (χ3n) is 4.41. The Morgan fingerprint density at radius 3 is 2.62 bits per heavy atom. The molecule has 0 saturated heterocycles. The number of thioether (sulfide) groups is 1. The molecular formula is C18H36O2S. The Hall–Kier alpha value is 0.270. The summed E-state index contributed by atoms with van der Waals surface area (Å²) < 4.78 is 5.64. The quantitative estimate of drug-likeness (QED) is 0.483. The average molecular weight is 317 g/mol. The number of aliphatic hydroxyl groups is 1. The summed E-state index contributed by atoms with van der Waals surface area (Å²) in [5.74, 6) is 2.90. The molecule has 1 rings (SSSR count). The molecule has 1 unspecified atom stereocenters. The van der Waals surface area contributed by atoms with Gasteiger partial charge in [-0.15, -0.1) is 0 Å². The van der Waals surface area contributed by atoms with Crippen LogP contribution in [-0.4, -0.2) is 35.9 Å². The van der Waals surface area contributed by atoms with E-state index in [1.807, 2.05) is 11.8 Å². The first kappa shape index (κ1) is 19.3. The molecule has 0 aromatic carbocycles. The van der Waals surface area contributed by atoms with Crippen LogP contribution in [0.1, 0.15) is 77.6 Å². The zero-order chi connectivity index (χ0) is 15.2. The second kappa shape index (κ2) is 13.9. The summed E-state index contributed by atoms with van der Waals surface area (Å²) in [7, 11) is 0. The molecule has 1 aliphatic carbocycles. The zero-order valence-corrected chi connectivity index (χ0v) is 14.8. The van der Waals surface area contributed by atoms with Gasteiger partial charge in [0.15, 0.2) is 0 Å². The predicted molar refractivity (Wildman–Crippen MR) is 94.1 cm³/mol. The fourth-order valence-corrected chi connectivity index (χ4v) is 3.96. The monoisotopic (exact) mass is 316 g/mol. The highest BCUT2D eigenvalue weighted by molar-refractivity contribution is 7.99. The number of hydrogen-bond donors (Lipinski definition) is 1. The summed E-state index contributed by atoms with van der Waals surface area (Å²) in [4.78, 5) is 0. The van der Waals surface area contributed by atoms with E-state index in [2.05, 4.69) is 6.92 Å². The van der Waals surface area contributed by atoms with E-state index in [1.54, 1.807) is 0 Å². The van der Waals surface area contributed by atoms with Gasteiger partial charge in [-0.1, -0.05) is 64.7 Å². The minimum atomic E-state index is -0.281. The van der Waals surface area contributed by atoms with E-state index >= 15 is 0 Å². The van der Waals surface area contributed by atoms with Gasteiger partial charge < -0.3 is 9.84 Å². The highest BCUT2D eigenvalue weighted by atomic mass is 32.2. The summed E-state index contributed by atoms with van der Waals surface area (Å²) in [6, 6.07) is 0. The molecule has 0 heterocycles. The molecule has 2 nitrogen and oxygen atoms in total. The summed E-state index contributed by atoms with van der Waals surface area (Å²) in [6.45, 7) is 3.61. The number of ether oxygens (including phenoxy) is 1. The minimum Gasteiger partial charge on any atom is -0.390 e. The lowest BCUT2D eigenvalue weighted by atomic mass is 9.87. The summed E-state index contributed by atoms with van der Waals surface area (Å²) in [5.41, 5.74) is 0. The molecule has 0 aromatic rings. The first-order chi connectivity index (χ1) is 10.3. The van der Waals surface area contributed by atoms with Crippen LogP contribution in [0.3, 0.4) is 0 Å². The van der Waals surface area contributed by atoms with Crippen molar-refractivity contribution in [2.45, 2.75) is 83.7 Å². The molecule has 0 bridgehead atoms. The molecule has 0 spiro atoms. The van der Waals surface area contributed by atoms with E-state index in [0.717, 1.165) is 18.3 Å². The lowest BCUT2D eigenvalue weighted by molar-refractivity contribution is 0.0405. The highest BCUT2D eigenvalue weighted by Gasteiger charge is 2.13. The van der Waals surface area contributed by atoms with Crippen LogP contribution in [0, 0.1) is 5.92 Å². The van der Waals surface area contributed by atoms with Crippen LogP contribution >= 0.6 is 11.8 Å². The Balaban J connectivity index is 1.81. The van der Waals surface area contributed by atoms with Crippen molar-refractivity contribution in [1.29, 1.82) is 0 Å². The fourth-order valence-electron chi connectivity index (χ4n) is 3.02. The van der Waals surface area contributed by atoms with Gasteiger partial charge in [-0.2, -0.15) is 11.8 Å². The lowest BCUT2D eigenvalue weighted by Gasteiger charge is -2.21. The maximum atomic E-state index is 9.88. The van der Waals surface area contributed by atoms with Crippen molar-refractivity contribution < 1.29 is 9.84 Å². The number of aliphatic hydroxyl groups excluding tert-OH is 1. The second-order valence-corrected chi connectivity index (χ2v) is 7.66. The van der Waals surface area contributed by atoms with Gasteiger partial charge in [0.1, 0.15) is 0 Å².